The molecule has 1 fully saturated rings. The Labute approximate surface area is 123 Å². The fraction of sp³-hybridized carbons (Fsp3) is 0.706. The molecule has 20 heavy (non-hydrogen) atoms. The second-order valence-corrected chi connectivity index (χ2v) is 6.39. The van der Waals surface area contributed by atoms with Gasteiger partial charge in [-0.1, -0.05) is 13.8 Å². The summed E-state index contributed by atoms with van der Waals surface area (Å²) in [6, 6.07) is 0.795. The molecule has 0 aromatic carbocycles. The molecule has 1 aromatic heterocycles. The van der Waals surface area contributed by atoms with Crippen LogP contribution in [-0.2, 0) is 6.42 Å². The zero-order valence-corrected chi connectivity index (χ0v) is 13.5. The van der Waals surface area contributed by atoms with Crippen molar-refractivity contribution in [1.29, 1.82) is 0 Å². The Kier molecular flexibility index (Phi) is 5.03. The molecule has 1 aliphatic carbocycles. The SMILES string of the molecule is COc1c(C)cnc(CC(C)C(C)CNC2CC2)c1C. The van der Waals surface area contributed by atoms with Crippen molar-refractivity contribution in [2.75, 3.05) is 13.7 Å². The highest BCUT2D eigenvalue weighted by Crippen LogP contribution is 2.27. The predicted octanol–water partition coefficient (Wildman–Crippen LogP) is 3.27. The Morgan fingerprint density at radius 2 is 2.00 bits per heavy atom. The Bertz CT molecular complexity index is 455. The lowest BCUT2D eigenvalue weighted by atomic mass is 9.90. The number of hydrogen-bond donors (Lipinski definition) is 1. The average Bonchev–Trinajstić information content (AvgIpc) is 3.24. The van der Waals surface area contributed by atoms with E-state index >= 15 is 0 Å². The number of aryl methyl sites for hydroxylation is 1. The molecule has 3 heteroatoms. The molecule has 2 atom stereocenters. The van der Waals surface area contributed by atoms with Gasteiger partial charge in [-0.15, -0.1) is 0 Å². The topological polar surface area (TPSA) is 34.1 Å². The van der Waals surface area contributed by atoms with Crippen LogP contribution in [0.5, 0.6) is 5.75 Å². The molecule has 1 N–H and O–H groups in total. The summed E-state index contributed by atoms with van der Waals surface area (Å²) in [6.07, 6.45) is 5.67. The Hall–Kier alpha value is -1.09. The van der Waals surface area contributed by atoms with E-state index in [9.17, 15) is 0 Å². The Morgan fingerprint density at radius 3 is 2.60 bits per heavy atom. The van der Waals surface area contributed by atoms with Crippen LogP contribution < -0.4 is 10.1 Å². The van der Waals surface area contributed by atoms with E-state index in [0.29, 0.717) is 11.8 Å². The summed E-state index contributed by atoms with van der Waals surface area (Å²) in [5.74, 6) is 2.29. The fourth-order valence-electron chi connectivity index (χ4n) is 2.62. The maximum Gasteiger partial charge on any atom is 0.128 e. The molecule has 0 saturated heterocycles. The van der Waals surface area contributed by atoms with Crippen molar-refractivity contribution in [2.24, 2.45) is 11.8 Å². The lowest BCUT2D eigenvalue weighted by molar-refractivity contribution is 0.359. The third-order valence-electron chi connectivity index (χ3n) is 4.54. The minimum atomic E-state index is 0.625. The van der Waals surface area contributed by atoms with E-state index in [1.807, 2.05) is 13.1 Å². The highest BCUT2D eigenvalue weighted by molar-refractivity contribution is 5.41. The number of nitrogens with one attached hydrogen (secondary N) is 1. The summed E-state index contributed by atoms with van der Waals surface area (Å²) in [6.45, 7) is 9.95. The number of aromatic nitrogens is 1. The summed E-state index contributed by atoms with van der Waals surface area (Å²) in [7, 11) is 1.74. The van der Waals surface area contributed by atoms with E-state index in [0.717, 1.165) is 30.3 Å². The molecule has 0 spiro atoms. The zero-order valence-electron chi connectivity index (χ0n) is 13.5. The molecular weight excluding hydrogens is 248 g/mol. The molecule has 2 rings (SSSR count). The number of hydrogen-bond acceptors (Lipinski definition) is 3. The molecule has 1 aromatic rings. The maximum atomic E-state index is 5.49. The number of pyridine rings is 1. The second kappa shape index (κ2) is 6.57. The van der Waals surface area contributed by atoms with Gasteiger partial charge in [0.05, 0.1) is 7.11 Å². The molecule has 1 saturated carbocycles. The van der Waals surface area contributed by atoms with Crippen molar-refractivity contribution in [2.45, 2.75) is 53.0 Å². The second-order valence-electron chi connectivity index (χ2n) is 6.39. The van der Waals surface area contributed by atoms with Gasteiger partial charge in [0.2, 0.25) is 0 Å². The third kappa shape index (κ3) is 3.72. The van der Waals surface area contributed by atoms with E-state index in [-0.39, 0.29) is 0 Å². The lowest BCUT2D eigenvalue weighted by Crippen LogP contribution is -2.27. The Morgan fingerprint density at radius 1 is 1.30 bits per heavy atom. The fourth-order valence-corrected chi connectivity index (χ4v) is 2.62. The van der Waals surface area contributed by atoms with Gasteiger partial charge in [0.25, 0.3) is 0 Å². The molecule has 0 bridgehead atoms. The molecule has 3 nitrogen and oxygen atoms in total. The van der Waals surface area contributed by atoms with Crippen LogP contribution in [0.15, 0.2) is 6.20 Å². The van der Waals surface area contributed by atoms with E-state index in [4.69, 9.17) is 4.74 Å². The smallest absolute Gasteiger partial charge is 0.128 e. The number of nitrogens with zero attached hydrogens (tertiary/aromatic N) is 1. The minimum absolute atomic E-state index is 0.625. The van der Waals surface area contributed by atoms with Crippen molar-refractivity contribution < 1.29 is 4.74 Å². The van der Waals surface area contributed by atoms with Crippen molar-refractivity contribution in [1.82, 2.24) is 10.3 Å². The van der Waals surface area contributed by atoms with Crippen molar-refractivity contribution in [3.8, 4) is 5.75 Å². The molecule has 112 valence electrons. The lowest BCUT2D eigenvalue weighted by Gasteiger charge is -2.21. The van der Waals surface area contributed by atoms with Gasteiger partial charge < -0.3 is 10.1 Å². The van der Waals surface area contributed by atoms with E-state index < -0.39 is 0 Å². The molecule has 0 aliphatic heterocycles. The first-order valence-corrected chi connectivity index (χ1v) is 7.75. The number of methoxy groups -OCH3 is 1. The van der Waals surface area contributed by atoms with Crippen molar-refractivity contribution in [3.63, 3.8) is 0 Å². The highest BCUT2D eigenvalue weighted by Gasteiger charge is 2.23. The van der Waals surface area contributed by atoms with E-state index in [1.54, 1.807) is 7.11 Å². The van der Waals surface area contributed by atoms with Gasteiger partial charge in [0.1, 0.15) is 5.75 Å². The monoisotopic (exact) mass is 276 g/mol. The summed E-state index contributed by atoms with van der Waals surface area (Å²) >= 11 is 0. The van der Waals surface area contributed by atoms with Crippen LogP contribution in [0.3, 0.4) is 0 Å². The predicted molar refractivity (Wildman–Crippen MR) is 83.3 cm³/mol. The van der Waals surface area contributed by atoms with Crippen molar-refractivity contribution >= 4 is 0 Å². The highest BCUT2D eigenvalue weighted by atomic mass is 16.5. The van der Waals surface area contributed by atoms with Gasteiger partial charge in [-0.2, -0.15) is 0 Å². The third-order valence-corrected chi connectivity index (χ3v) is 4.54. The molecule has 0 radical (unpaired) electrons. The summed E-state index contributed by atoms with van der Waals surface area (Å²) in [4.78, 5) is 4.62. The largest absolute Gasteiger partial charge is 0.496 e. The quantitative estimate of drug-likeness (QED) is 0.830. The van der Waals surface area contributed by atoms with Crippen LogP contribution in [0.25, 0.3) is 0 Å². The summed E-state index contributed by atoms with van der Waals surface area (Å²) in [5.41, 5.74) is 3.49. The summed E-state index contributed by atoms with van der Waals surface area (Å²) in [5, 5.41) is 3.62. The van der Waals surface area contributed by atoms with Gasteiger partial charge in [0, 0.05) is 29.1 Å². The molecular formula is C17H28N2O. The minimum Gasteiger partial charge on any atom is -0.496 e. The molecule has 2 unspecified atom stereocenters. The number of ether oxygens (including phenoxy) is 1. The van der Waals surface area contributed by atoms with Gasteiger partial charge in [-0.05, 0) is 51.5 Å². The van der Waals surface area contributed by atoms with Crippen LogP contribution in [0, 0.1) is 25.7 Å². The average molecular weight is 276 g/mol. The molecule has 0 amide bonds. The van der Waals surface area contributed by atoms with Crippen LogP contribution in [0.2, 0.25) is 0 Å². The van der Waals surface area contributed by atoms with E-state index in [2.05, 4.69) is 31.1 Å². The van der Waals surface area contributed by atoms with Crippen molar-refractivity contribution in [3.05, 3.63) is 23.0 Å². The van der Waals surface area contributed by atoms with Crippen LogP contribution >= 0.6 is 0 Å². The van der Waals surface area contributed by atoms with Gasteiger partial charge in [0.15, 0.2) is 0 Å². The standard InChI is InChI=1S/C17H28N2O/c1-11(12(2)9-18-15-6-7-15)8-16-14(4)17(20-5)13(3)10-19-16/h10-12,15,18H,6-9H2,1-5H3. The van der Waals surface area contributed by atoms with Gasteiger partial charge in [-0.25, -0.2) is 0 Å². The van der Waals surface area contributed by atoms with Gasteiger partial charge in [-0.3, -0.25) is 4.98 Å². The summed E-state index contributed by atoms with van der Waals surface area (Å²) < 4.78 is 5.49. The van der Waals surface area contributed by atoms with E-state index in [1.165, 1.54) is 24.1 Å². The Balaban J connectivity index is 1.97. The zero-order chi connectivity index (χ0) is 14.7. The maximum absolute atomic E-state index is 5.49. The van der Waals surface area contributed by atoms with Crippen LogP contribution in [0.1, 0.15) is 43.5 Å². The molecule has 1 aliphatic rings. The van der Waals surface area contributed by atoms with Crippen LogP contribution in [0.4, 0.5) is 0 Å². The first-order valence-electron chi connectivity index (χ1n) is 7.75. The van der Waals surface area contributed by atoms with Gasteiger partial charge >= 0.3 is 0 Å². The number of rotatable bonds is 7. The molecule has 1 heterocycles. The first-order chi connectivity index (χ1) is 9.52. The normalized spacial score (nSPS) is 17.9. The van der Waals surface area contributed by atoms with Crippen LogP contribution in [-0.4, -0.2) is 24.7 Å². The first kappa shape index (κ1) is 15.3.